The molecule has 0 radical (unpaired) electrons. The maximum atomic E-state index is 12.8. The van der Waals surface area contributed by atoms with Crippen molar-refractivity contribution in [2.75, 3.05) is 13.7 Å². The third kappa shape index (κ3) is 4.49. The van der Waals surface area contributed by atoms with Crippen molar-refractivity contribution in [1.29, 1.82) is 0 Å². The van der Waals surface area contributed by atoms with Gasteiger partial charge in [0.05, 0.1) is 18.6 Å². The standard InChI is InChI=1S/C23H25NO5/c1-4-27-22(26)20-21(18-13-9-6-10-14-18)29-24(3)23(20,2)15-19(25)28-16-17-11-7-5-8-12-17/h5-14H,4,15-16H2,1-3H3. The van der Waals surface area contributed by atoms with Crippen molar-refractivity contribution < 1.29 is 23.9 Å². The molecule has 29 heavy (non-hydrogen) atoms. The summed E-state index contributed by atoms with van der Waals surface area (Å²) < 4.78 is 10.7. The van der Waals surface area contributed by atoms with Crippen LogP contribution in [0.2, 0.25) is 0 Å². The first-order valence-electron chi connectivity index (χ1n) is 9.54. The van der Waals surface area contributed by atoms with E-state index in [1.165, 1.54) is 5.06 Å². The van der Waals surface area contributed by atoms with Crippen LogP contribution in [-0.2, 0) is 30.5 Å². The molecule has 2 aromatic rings. The molecule has 1 atom stereocenters. The largest absolute Gasteiger partial charge is 0.462 e. The molecule has 6 nitrogen and oxygen atoms in total. The normalized spacial score (nSPS) is 19.0. The summed E-state index contributed by atoms with van der Waals surface area (Å²) in [5.74, 6) is -0.540. The lowest BCUT2D eigenvalue weighted by Gasteiger charge is -2.30. The number of benzene rings is 2. The fourth-order valence-corrected chi connectivity index (χ4v) is 3.26. The molecule has 0 saturated carbocycles. The van der Waals surface area contributed by atoms with E-state index in [4.69, 9.17) is 14.3 Å². The molecule has 3 rings (SSSR count). The Bertz CT molecular complexity index is 894. The molecule has 1 unspecified atom stereocenters. The lowest BCUT2D eigenvalue weighted by molar-refractivity contribution is -0.156. The van der Waals surface area contributed by atoms with Crippen LogP contribution in [0.5, 0.6) is 0 Å². The smallest absolute Gasteiger partial charge is 0.339 e. The van der Waals surface area contributed by atoms with E-state index in [-0.39, 0.29) is 19.6 Å². The number of carbonyl (C=O) groups excluding carboxylic acids is 2. The van der Waals surface area contributed by atoms with Crippen LogP contribution in [-0.4, -0.2) is 36.2 Å². The lowest BCUT2D eigenvalue weighted by Crippen LogP contribution is -2.44. The summed E-state index contributed by atoms with van der Waals surface area (Å²) >= 11 is 0. The fraction of sp³-hybridized carbons (Fsp3) is 0.304. The predicted molar refractivity (Wildman–Crippen MR) is 108 cm³/mol. The van der Waals surface area contributed by atoms with E-state index in [1.54, 1.807) is 20.9 Å². The minimum absolute atomic E-state index is 0.0547. The molecule has 1 aliphatic rings. The second-order valence-corrected chi connectivity index (χ2v) is 6.98. The molecule has 2 aromatic carbocycles. The number of nitrogens with zero attached hydrogens (tertiary/aromatic N) is 1. The van der Waals surface area contributed by atoms with E-state index in [1.807, 2.05) is 60.7 Å². The van der Waals surface area contributed by atoms with E-state index in [2.05, 4.69) is 0 Å². The molecular formula is C23H25NO5. The van der Waals surface area contributed by atoms with Gasteiger partial charge >= 0.3 is 11.9 Å². The van der Waals surface area contributed by atoms with E-state index < -0.39 is 17.5 Å². The van der Waals surface area contributed by atoms with Gasteiger partial charge in [-0.15, -0.1) is 5.06 Å². The Labute approximate surface area is 170 Å². The minimum Gasteiger partial charge on any atom is -0.462 e. The number of likely N-dealkylation sites (N-methyl/N-ethyl adjacent to an activating group) is 1. The van der Waals surface area contributed by atoms with Crippen molar-refractivity contribution in [3.8, 4) is 0 Å². The van der Waals surface area contributed by atoms with Crippen molar-refractivity contribution >= 4 is 17.7 Å². The van der Waals surface area contributed by atoms with Crippen molar-refractivity contribution in [2.24, 2.45) is 0 Å². The number of ether oxygens (including phenoxy) is 2. The van der Waals surface area contributed by atoms with Crippen LogP contribution >= 0.6 is 0 Å². The van der Waals surface area contributed by atoms with Crippen molar-refractivity contribution in [1.82, 2.24) is 5.06 Å². The van der Waals surface area contributed by atoms with Gasteiger partial charge in [0, 0.05) is 12.6 Å². The number of hydrogen-bond acceptors (Lipinski definition) is 6. The summed E-state index contributed by atoms with van der Waals surface area (Å²) in [6.45, 7) is 3.91. The van der Waals surface area contributed by atoms with Gasteiger partial charge in [0.15, 0.2) is 5.76 Å². The molecule has 0 spiro atoms. The number of esters is 2. The van der Waals surface area contributed by atoms with Crippen LogP contribution in [0.3, 0.4) is 0 Å². The molecule has 152 valence electrons. The SMILES string of the molecule is CCOC(=O)C1=C(c2ccccc2)ON(C)C1(C)CC(=O)OCc1ccccc1. The third-order valence-electron chi connectivity index (χ3n) is 4.94. The average molecular weight is 395 g/mol. The molecule has 0 bridgehead atoms. The molecule has 0 fully saturated rings. The molecule has 0 saturated heterocycles. The highest BCUT2D eigenvalue weighted by molar-refractivity contribution is 6.00. The van der Waals surface area contributed by atoms with Crippen LogP contribution in [0.4, 0.5) is 0 Å². The summed E-state index contributed by atoms with van der Waals surface area (Å²) in [6, 6.07) is 18.7. The van der Waals surface area contributed by atoms with Gasteiger partial charge in [-0.05, 0) is 19.4 Å². The molecule has 1 aliphatic heterocycles. The van der Waals surface area contributed by atoms with Gasteiger partial charge in [-0.2, -0.15) is 0 Å². The van der Waals surface area contributed by atoms with Crippen LogP contribution < -0.4 is 0 Å². The zero-order chi connectivity index (χ0) is 20.9. The van der Waals surface area contributed by atoms with Crippen LogP contribution in [0.1, 0.15) is 31.4 Å². The molecular weight excluding hydrogens is 370 g/mol. The van der Waals surface area contributed by atoms with Crippen molar-refractivity contribution in [3.63, 3.8) is 0 Å². The van der Waals surface area contributed by atoms with Gasteiger partial charge in [0.2, 0.25) is 0 Å². The second kappa shape index (κ2) is 8.92. The first-order chi connectivity index (χ1) is 14.0. The summed E-state index contributed by atoms with van der Waals surface area (Å²) in [5.41, 5.74) is 0.923. The number of hydrogen-bond donors (Lipinski definition) is 0. The quantitative estimate of drug-likeness (QED) is 0.666. The molecule has 1 heterocycles. The Morgan fingerprint density at radius 1 is 1.00 bits per heavy atom. The van der Waals surface area contributed by atoms with Gasteiger partial charge in [0.1, 0.15) is 12.2 Å². The van der Waals surface area contributed by atoms with Crippen LogP contribution in [0.15, 0.2) is 66.2 Å². The monoisotopic (exact) mass is 395 g/mol. The average Bonchev–Trinajstić information content (AvgIpc) is 2.98. The van der Waals surface area contributed by atoms with E-state index in [9.17, 15) is 9.59 Å². The third-order valence-corrected chi connectivity index (χ3v) is 4.94. The molecule has 0 aliphatic carbocycles. The predicted octanol–water partition coefficient (Wildman–Crippen LogP) is 3.73. The zero-order valence-electron chi connectivity index (χ0n) is 16.9. The lowest BCUT2D eigenvalue weighted by atomic mass is 9.86. The summed E-state index contributed by atoms with van der Waals surface area (Å²) in [7, 11) is 1.69. The second-order valence-electron chi connectivity index (χ2n) is 6.98. The van der Waals surface area contributed by atoms with Crippen LogP contribution in [0.25, 0.3) is 5.76 Å². The summed E-state index contributed by atoms with van der Waals surface area (Å²) in [5, 5.41) is 1.52. The Balaban J connectivity index is 1.86. The maximum Gasteiger partial charge on any atom is 0.339 e. The Kier molecular flexibility index (Phi) is 6.34. The van der Waals surface area contributed by atoms with Crippen molar-refractivity contribution in [2.45, 2.75) is 32.4 Å². The summed E-state index contributed by atoms with van der Waals surface area (Å²) in [4.78, 5) is 31.3. The first-order valence-corrected chi connectivity index (χ1v) is 9.54. The van der Waals surface area contributed by atoms with Gasteiger partial charge in [0.25, 0.3) is 0 Å². The number of carbonyl (C=O) groups is 2. The maximum absolute atomic E-state index is 12.8. The van der Waals surface area contributed by atoms with Gasteiger partial charge in [-0.25, -0.2) is 4.79 Å². The van der Waals surface area contributed by atoms with Gasteiger partial charge in [-0.3, -0.25) is 4.79 Å². The molecule has 0 amide bonds. The number of hydroxylamine groups is 2. The molecule has 0 aromatic heterocycles. The Hall–Kier alpha value is -3.12. The van der Waals surface area contributed by atoms with E-state index in [0.717, 1.165) is 11.1 Å². The highest BCUT2D eigenvalue weighted by Gasteiger charge is 2.50. The highest BCUT2D eigenvalue weighted by Crippen LogP contribution is 2.42. The molecule has 6 heteroatoms. The fourth-order valence-electron chi connectivity index (χ4n) is 3.26. The van der Waals surface area contributed by atoms with E-state index in [0.29, 0.717) is 11.3 Å². The van der Waals surface area contributed by atoms with Gasteiger partial charge < -0.3 is 14.3 Å². The summed E-state index contributed by atoms with van der Waals surface area (Å²) in [6.07, 6.45) is -0.0547. The Morgan fingerprint density at radius 2 is 1.62 bits per heavy atom. The van der Waals surface area contributed by atoms with Crippen LogP contribution in [0, 0.1) is 0 Å². The topological polar surface area (TPSA) is 65.1 Å². The minimum atomic E-state index is -1.02. The first kappa shape index (κ1) is 20.6. The highest BCUT2D eigenvalue weighted by atomic mass is 16.7. The van der Waals surface area contributed by atoms with Crippen molar-refractivity contribution in [3.05, 3.63) is 77.4 Å². The van der Waals surface area contributed by atoms with Gasteiger partial charge in [-0.1, -0.05) is 60.7 Å². The number of rotatable bonds is 7. The zero-order valence-corrected chi connectivity index (χ0v) is 16.9. The van der Waals surface area contributed by atoms with E-state index >= 15 is 0 Å². The molecule has 0 N–H and O–H groups in total. The Morgan fingerprint density at radius 3 is 2.24 bits per heavy atom.